The van der Waals surface area contributed by atoms with Gasteiger partial charge in [0.05, 0.1) is 13.2 Å². The summed E-state index contributed by atoms with van der Waals surface area (Å²) in [7, 11) is -2.87. The van der Waals surface area contributed by atoms with Crippen LogP contribution in [0, 0.1) is 12.3 Å². The highest BCUT2D eigenvalue weighted by Crippen LogP contribution is 1.84. The number of methoxy groups -OCH3 is 1. The van der Waals surface area contributed by atoms with E-state index in [2.05, 4.69) is 10.7 Å². The van der Waals surface area contributed by atoms with Crippen molar-refractivity contribution in [2.75, 3.05) is 7.11 Å². The summed E-state index contributed by atoms with van der Waals surface area (Å²) in [6, 6.07) is -0.692. The number of rotatable bonds is 3. The molecule has 0 saturated carbocycles. The molecule has 0 aliphatic heterocycles. The van der Waals surface area contributed by atoms with Crippen LogP contribution >= 0.6 is 0 Å². The molecule has 0 aliphatic rings. The van der Waals surface area contributed by atoms with Gasteiger partial charge in [-0.1, -0.05) is 5.92 Å². The average molecular weight is 206 g/mol. The number of amides is 1. The molecule has 6 nitrogen and oxygen atoms in total. The van der Waals surface area contributed by atoms with E-state index in [0.29, 0.717) is 0 Å². The third-order valence-electron chi connectivity index (χ3n) is 0.985. The van der Waals surface area contributed by atoms with E-state index < -0.39 is 22.3 Å². The van der Waals surface area contributed by atoms with Gasteiger partial charge in [-0.3, -0.25) is 0 Å². The second-order valence-electron chi connectivity index (χ2n) is 2.10. The minimum atomic E-state index is -3.92. The van der Waals surface area contributed by atoms with E-state index in [1.807, 2.05) is 4.72 Å². The van der Waals surface area contributed by atoms with Crippen LogP contribution in [0.25, 0.3) is 0 Å². The molecule has 0 aromatic carbocycles. The summed E-state index contributed by atoms with van der Waals surface area (Å²) in [6.45, 7) is 1.45. The van der Waals surface area contributed by atoms with Crippen LogP contribution in [0.1, 0.15) is 6.92 Å². The summed E-state index contributed by atoms with van der Waals surface area (Å²) < 4.78 is 29.6. The van der Waals surface area contributed by atoms with Crippen LogP contribution in [0.3, 0.4) is 0 Å². The van der Waals surface area contributed by atoms with E-state index in [1.165, 1.54) is 6.92 Å². The number of carbonyl (C=O) groups is 1. The first kappa shape index (κ1) is 11.7. The van der Waals surface area contributed by atoms with Crippen LogP contribution in [0.15, 0.2) is 0 Å². The molecular weight excluding hydrogens is 196 g/mol. The Morgan fingerprint density at radius 3 is 2.54 bits per heavy atom. The molecule has 7 heteroatoms. The Balaban J connectivity index is 4.28. The molecule has 0 aliphatic carbocycles. The molecule has 1 atom stereocenters. The van der Waals surface area contributed by atoms with Gasteiger partial charge in [0.15, 0.2) is 0 Å². The van der Waals surface area contributed by atoms with Gasteiger partial charge in [0.1, 0.15) is 0 Å². The van der Waals surface area contributed by atoms with Gasteiger partial charge in [-0.2, -0.15) is 13.1 Å². The van der Waals surface area contributed by atoms with E-state index in [0.717, 1.165) is 7.11 Å². The monoisotopic (exact) mass is 206 g/mol. The summed E-state index contributed by atoms with van der Waals surface area (Å²) in [4.78, 5) is 10.5. The van der Waals surface area contributed by atoms with Crippen molar-refractivity contribution in [3.05, 3.63) is 0 Å². The molecule has 2 N–H and O–H groups in total. The Morgan fingerprint density at radius 1 is 1.62 bits per heavy atom. The highest BCUT2D eigenvalue weighted by atomic mass is 32.2. The lowest BCUT2D eigenvalue weighted by atomic mass is 10.4. The molecule has 0 aromatic rings. The van der Waals surface area contributed by atoms with Gasteiger partial charge < -0.3 is 4.74 Å². The SMILES string of the molecule is C#CC(C)NS(=O)(=O)NC(=O)OC. The lowest BCUT2D eigenvalue weighted by Crippen LogP contribution is -2.43. The molecule has 0 rings (SSSR count). The number of nitrogens with one attached hydrogen (secondary N) is 2. The van der Waals surface area contributed by atoms with Crippen LogP contribution in [0.5, 0.6) is 0 Å². The summed E-state index contributed by atoms with van der Waals surface area (Å²) in [6.07, 6.45) is 3.85. The summed E-state index contributed by atoms with van der Waals surface area (Å²) >= 11 is 0. The molecule has 0 fully saturated rings. The number of ether oxygens (including phenoxy) is 1. The van der Waals surface area contributed by atoms with Crippen molar-refractivity contribution in [1.29, 1.82) is 0 Å². The van der Waals surface area contributed by atoms with Gasteiger partial charge in [0.25, 0.3) is 0 Å². The second kappa shape index (κ2) is 4.69. The largest absolute Gasteiger partial charge is 0.452 e. The highest BCUT2D eigenvalue weighted by molar-refractivity contribution is 7.88. The van der Waals surface area contributed by atoms with Crippen molar-refractivity contribution in [3.63, 3.8) is 0 Å². The topological polar surface area (TPSA) is 84.5 Å². The molecule has 0 saturated heterocycles. The zero-order valence-corrected chi connectivity index (χ0v) is 8.01. The van der Waals surface area contributed by atoms with Crippen molar-refractivity contribution in [1.82, 2.24) is 9.44 Å². The van der Waals surface area contributed by atoms with Crippen molar-refractivity contribution < 1.29 is 17.9 Å². The molecule has 0 heterocycles. The molecule has 13 heavy (non-hydrogen) atoms. The third-order valence-corrected chi connectivity index (χ3v) is 2.08. The van der Waals surface area contributed by atoms with Crippen LogP contribution < -0.4 is 9.44 Å². The number of hydrogen-bond donors (Lipinski definition) is 2. The Labute approximate surface area is 76.8 Å². The molecule has 0 bridgehead atoms. The van der Waals surface area contributed by atoms with Crippen LogP contribution in [-0.4, -0.2) is 27.7 Å². The Bertz CT molecular complexity index is 316. The quantitative estimate of drug-likeness (QED) is 0.592. The molecule has 1 unspecified atom stereocenters. The highest BCUT2D eigenvalue weighted by Gasteiger charge is 2.15. The van der Waals surface area contributed by atoms with Gasteiger partial charge in [0, 0.05) is 0 Å². The first-order valence-corrected chi connectivity index (χ1v) is 4.73. The third kappa shape index (κ3) is 5.05. The maximum absolute atomic E-state index is 11.0. The van der Waals surface area contributed by atoms with Gasteiger partial charge in [-0.25, -0.2) is 9.52 Å². The minimum Gasteiger partial charge on any atom is -0.452 e. The fourth-order valence-electron chi connectivity index (χ4n) is 0.448. The second-order valence-corrected chi connectivity index (χ2v) is 3.55. The molecule has 74 valence electrons. The maximum Gasteiger partial charge on any atom is 0.421 e. The maximum atomic E-state index is 11.0. The first-order valence-electron chi connectivity index (χ1n) is 3.25. The fraction of sp³-hybridized carbons (Fsp3) is 0.500. The Kier molecular flexibility index (Phi) is 4.23. The fourth-order valence-corrected chi connectivity index (χ4v) is 1.34. The zero-order chi connectivity index (χ0) is 10.5. The van der Waals surface area contributed by atoms with E-state index in [-0.39, 0.29) is 0 Å². The van der Waals surface area contributed by atoms with Crippen LogP contribution in [0.4, 0.5) is 4.79 Å². The molecule has 0 aromatic heterocycles. The van der Waals surface area contributed by atoms with E-state index in [9.17, 15) is 13.2 Å². The van der Waals surface area contributed by atoms with Gasteiger partial charge in [-0.05, 0) is 6.92 Å². The summed E-state index contributed by atoms with van der Waals surface area (Å²) in [5, 5.41) is 0. The first-order chi connectivity index (χ1) is 5.91. The molecular formula is C6H10N2O4S. The van der Waals surface area contributed by atoms with Gasteiger partial charge >= 0.3 is 16.3 Å². The number of hydrogen-bond acceptors (Lipinski definition) is 4. The predicted octanol–water partition coefficient (Wildman–Crippen LogP) is -0.801. The lowest BCUT2D eigenvalue weighted by Gasteiger charge is -2.08. The Hall–Kier alpha value is -1.26. The lowest BCUT2D eigenvalue weighted by molar-refractivity contribution is 0.177. The van der Waals surface area contributed by atoms with Crippen LogP contribution in [0.2, 0.25) is 0 Å². The van der Waals surface area contributed by atoms with Crippen molar-refractivity contribution >= 4 is 16.3 Å². The summed E-state index contributed by atoms with van der Waals surface area (Å²) in [5.41, 5.74) is 0. The standard InChI is InChI=1S/C6H10N2O4S/c1-4-5(2)7-13(10,11)8-6(9)12-3/h1,5,7H,2-3H3,(H,8,9). The van der Waals surface area contributed by atoms with E-state index >= 15 is 0 Å². The van der Waals surface area contributed by atoms with Crippen molar-refractivity contribution in [2.45, 2.75) is 13.0 Å². The number of terminal acetylenes is 1. The van der Waals surface area contributed by atoms with E-state index in [1.54, 1.807) is 4.72 Å². The van der Waals surface area contributed by atoms with Crippen LogP contribution in [-0.2, 0) is 14.9 Å². The normalized spacial score (nSPS) is 12.7. The molecule has 0 spiro atoms. The predicted molar refractivity (Wildman–Crippen MR) is 45.9 cm³/mol. The minimum absolute atomic E-state index is 0.692. The van der Waals surface area contributed by atoms with Gasteiger partial charge in [0.2, 0.25) is 0 Å². The van der Waals surface area contributed by atoms with Crippen molar-refractivity contribution in [3.8, 4) is 12.3 Å². The average Bonchev–Trinajstić information content (AvgIpc) is 2.02. The number of carbonyl (C=O) groups excluding carboxylic acids is 1. The zero-order valence-electron chi connectivity index (χ0n) is 7.20. The van der Waals surface area contributed by atoms with Crippen molar-refractivity contribution in [2.24, 2.45) is 0 Å². The smallest absolute Gasteiger partial charge is 0.421 e. The molecule has 0 radical (unpaired) electrons. The van der Waals surface area contributed by atoms with E-state index in [4.69, 9.17) is 6.42 Å². The van der Waals surface area contributed by atoms with Gasteiger partial charge in [-0.15, -0.1) is 6.42 Å². The Morgan fingerprint density at radius 2 is 2.15 bits per heavy atom. The molecule has 1 amide bonds. The summed E-state index contributed by atoms with van der Waals surface area (Å²) in [5.74, 6) is 2.13.